The van der Waals surface area contributed by atoms with Crippen LogP contribution in [0.15, 0.2) is 42.7 Å². The van der Waals surface area contributed by atoms with Crippen LogP contribution in [0, 0.1) is 6.92 Å². The number of aromatic nitrogens is 3. The van der Waals surface area contributed by atoms with Gasteiger partial charge in [-0.3, -0.25) is 0 Å². The first kappa shape index (κ1) is 18.8. The Morgan fingerprint density at radius 2 is 1.79 bits per heavy atom. The van der Waals surface area contributed by atoms with Crippen molar-refractivity contribution in [2.24, 2.45) is 0 Å². The van der Waals surface area contributed by atoms with Gasteiger partial charge in [0.1, 0.15) is 23.5 Å². The number of fused-ring (bicyclic) bond motifs is 1. The highest BCUT2D eigenvalue weighted by atomic mass is 32.1. The molecule has 4 rings (SSSR count). The smallest absolute Gasteiger partial charge is 0.189 e. The molecule has 29 heavy (non-hydrogen) atoms. The Morgan fingerprint density at radius 1 is 1.00 bits per heavy atom. The lowest BCUT2D eigenvalue weighted by molar-refractivity contribution is 0.405. The molecule has 2 heterocycles. The van der Waals surface area contributed by atoms with Gasteiger partial charge in [-0.15, -0.1) is 0 Å². The van der Waals surface area contributed by atoms with Crippen LogP contribution in [0.5, 0.6) is 11.5 Å². The number of hydrogen-bond acceptors (Lipinski definition) is 9. The summed E-state index contributed by atoms with van der Waals surface area (Å²) in [5.41, 5.74) is 9.45. The summed E-state index contributed by atoms with van der Waals surface area (Å²) in [4.78, 5) is 13.2. The van der Waals surface area contributed by atoms with E-state index in [1.54, 1.807) is 31.6 Å². The van der Waals surface area contributed by atoms with Crippen LogP contribution in [-0.4, -0.2) is 29.2 Å². The van der Waals surface area contributed by atoms with Gasteiger partial charge in [0, 0.05) is 6.07 Å². The van der Waals surface area contributed by atoms with Crippen molar-refractivity contribution in [3.63, 3.8) is 0 Å². The molecule has 9 heteroatoms. The maximum Gasteiger partial charge on any atom is 0.189 e. The predicted octanol–water partition coefficient (Wildman–Crippen LogP) is 4.48. The Hall–Kier alpha value is -3.59. The van der Waals surface area contributed by atoms with Crippen molar-refractivity contribution in [3.8, 4) is 11.5 Å². The lowest BCUT2D eigenvalue weighted by Crippen LogP contribution is -2.06. The zero-order valence-electron chi connectivity index (χ0n) is 16.2. The normalized spacial score (nSPS) is 10.7. The number of nitrogens with zero attached hydrogens (tertiary/aromatic N) is 3. The Kier molecular flexibility index (Phi) is 5.05. The highest BCUT2D eigenvalue weighted by Crippen LogP contribution is 2.35. The van der Waals surface area contributed by atoms with Gasteiger partial charge in [-0.2, -0.15) is 0 Å². The van der Waals surface area contributed by atoms with E-state index in [4.69, 9.17) is 15.2 Å². The minimum Gasteiger partial charge on any atom is -0.497 e. The van der Waals surface area contributed by atoms with Crippen LogP contribution in [0.1, 0.15) is 5.56 Å². The molecule has 0 unspecified atom stereocenters. The summed E-state index contributed by atoms with van der Waals surface area (Å²) in [6, 6.07) is 11.5. The van der Waals surface area contributed by atoms with Crippen LogP contribution in [0.25, 0.3) is 10.2 Å². The molecule has 148 valence electrons. The van der Waals surface area contributed by atoms with Crippen LogP contribution in [-0.2, 0) is 0 Å². The zero-order chi connectivity index (χ0) is 20.4. The van der Waals surface area contributed by atoms with Gasteiger partial charge in [0.25, 0.3) is 0 Å². The molecule has 4 N–H and O–H groups in total. The van der Waals surface area contributed by atoms with Crippen LogP contribution in [0.3, 0.4) is 0 Å². The molecule has 0 aliphatic heterocycles. The van der Waals surface area contributed by atoms with Gasteiger partial charge >= 0.3 is 0 Å². The molecule has 0 spiro atoms. The van der Waals surface area contributed by atoms with Crippen molar-refractivity contribution in [2.45, 2.75) is 6.92 Å². The van der Waals surface area contributed by atoms with E-state index in [0.29, 0.717) is 39.6 Å². The van der Waals surface area contributed by atoms with E-state index >= 15 is 0 Å². The number of rotatable bonds is 6. The summed E-state index contributed by atoms with van der Waals surface area (Å²) in [5.74, 6) is 2.25. The van der Waals surface area contributed by atoms with Gasteiger partial charge in [-0.25, -0.2) is 15.0 Å². The largest absolute Gasteiger partial charge is 0.497 e. The van der Waals surface area contributed by atoms with E-state index in [1.165, 1.54) is 6.33 Å². The molecule has 0 aliphatic rings. The first-order valence-corrected chi connectivity index (χ1v) is 9.63. The number of thiazole rings is 1. The number of anilines is 5. The lowest BCUT2D eigenvalue weighted by atomic mass is 10.2. The molecule has 0 atom stereocenters. The van der Waals surface area contributed by atoms with Crippen molar-refractivity contribution in [2.75, 3.05) is 30.6 Å². The lowest BCUT2D eigenvalue weighted by Gasteiger charge is -2.14. The number of aryl methyl sites for hydroxylation is 1. The minimum absolute atomic E-state index is 0.369. The van der Waals surface area contributed by atoms with Crippen LogP contribution in [0.4, 0.5) is 28.1 Å². The Morgan fingerprint density at radius 3 is 2.52 bits per heavy atom. The van der Waals surface area contributed by atoms with Crippen LogP contribution < -0.4 is 25.8 Å². The van der Waals surface area contributed by atoms with Crippen molar-refractivity contribution in [3.05, 3.63) is 48.3 Å². The second kappa shape index (κ2) is 7.80. The van der Waals surface area contributed by atoms with Gasteiger partial charge < -0.3 is 25.8 Å². The zero-order valence-corrected chi connectivity index (χ0v) is 17.0. The fourth-order valence-electron chi connectivity index (χ4n) is 2.88. The molecule has 8 nitrogen and oxygen atoms in total. The Balaban J connectivity index is 1.64. The third-order valence-electron chi connectivity index (χ3n) is 4.39. The molecule has 2 aromatic heterocycles. The van der Waals surface area contributed by atoms with Crippen molar-refractivity contribution in [1.29, 1.82) is 0 Å². The average Bonchev–Trinajstić information content (AvgIpc) is 3.15. The summed E-state index contributed by atoms with van der Waals surface area (Å²) in [5, 5.41) is 7.10. The summed E-state index contributed by atoms with van der Waals surface area (Å²) >= 11 is 1.54. The quantitative estimate of drug-likeness (QED) is 0.429. The Bertz CT molecular complexity index is 1180. The van der Waals surface area contributed by atoms with Crippen molar-refractivity contribution < 1.29 is 9.47 Å². The molecule has 0 aliphatic carbocycles. The van der Waals surface area contributed by atoms with E-state index < -0.39 is 0 Å². The molecular formula is C20H20N6O2S. The molecule has 0 saturated heterocycles. The molecule has 4 aromatic rings. The second-order valence-corrected chi connectivity index (χ2v) is 7.27. The number of nitrogen functional groups attached to an aromatic ring is 1. The highest BCUT2D eigenvalue weighted by Gasteiger charge is 2.14. The maximum absolute atomic E-state index is 6.32. The van der Waals surface area contributed by atoms with Gasteiger partial charge in [-0.1, -0.05) is 23.5 Å². The topological polar surface area (TPSA) is 107 Å². The number of nitrogens with one attached hydrogen (secondary N) is 2. The predicted molar refractivity (Wildman–Crippen MR) is 117 cm³/mol. The van der Waals surface area contributed by atoms with E-state index in [1.807, 2.05) is 37.3 Å². The molecular weight excluding hydrogens is 388 g/mol. The van der Waals surface area contributed by atoms with Crippen LogP contribution in [0.2, 0.25) is 0 Å². The molecule has 0 fully saturated rings. The summed E-state index contributed by atoms with van der Waals surface area (Å²) in [6.07, 6.45) is 1.44. The average molecular weight is 408 g/mol. The maximum atomic E-state index is 6.32. The molecule has 0 saturated carbocycles. The van der Waals surface area contributed by atoms with Gasteiger partial charge in [0.2, 0.25) is 0 Å². The van der Waals surface area contributed by atoms with Gasteiger partial charge in [0.15, 0.2) is 16.8 Å². The standard InChI is InChI=1S/C20H20N6O2S/c1-11-5-4-6-15-17(11)25-20(29-15)26-19-16(21)18(22-10-23-19)24-13-9-12(27-2)7-8-14(13)28-3/h4-10H,21H2,1-3H3,(H2,22,23,24,25,26). The molecule has 2 aromatic carbocycles. The van der Waals surface area contributed by atoms with Crippen molar-refractivity contribution >= 4 is 49.7 Å². The first-order chi connectivity index (χ1) is 14.1. The Labute approximate surface area is 171 Å². The summed E-state index contributed by atoms with van der Waals surface area (Å²) < 4.78 is 11.8. The van der Waals surface area contributed by atoms with E-state index in [-0.39, 0.29) is 0 Å². The van der Waals surface area contributed by atoms with E-state index in [0.717, 1.165) is 15.8 Å². The minimum atomic E-state index is 0.369. The number of methoxy groups -OCH3 is 2. The van der Waals surface area contributed by atoms with Crippen LogP contribution >= 0.6 is 11.3 Å². The fourth-order valence-corrected chi connectivity index (χ4v) is 3.82. The number of para-hydroxylation sites is 1. The third kappa shape index (κ3) is 3.72. The molecule has 0 bridgehead atoms. The monoisotopic (exact) mass is 408 g/mol. The van der Waals surface area contributed by atoms with Gasteiger partial charge in [0.05, 0.1) is 30.1 Å². The third-order valence-corrected chi connectivity index (χ3v) is 5.33. The number of ether oxygens (including phenoxy) is 2. The molecule has 0 radical (unpaired) electrons. The highest BCUT2D eigenvalue weighted by molar-refractivity contribution is 7.22. The number of hydrogen-bond donors (Lipinski definition) is 3. The van der Waals surface area contributed by atoms with E-state index in [9.17, 15) is 0 Å². The van der Waals surface area contributed by atoms with Gasteiger partial charge in [-0.05, 0) is 30.7 Å². The second-order valence-electron chi connectivity index (χ2n) is 6.24. The first-order valence-electron chi connectivity index (χ1n) is 8.81. The number of nitrogens with two attached hydrogens (primary N) is 1. The van der Waals surface area contributed by atoms with E-state index in [2.05, 4.69) is 25.6 Å². The summed E-state index contributed by atoms with van der Waals surface area (Å²) in [7, 11) is 3.20. The number of benzene rings is 2. The van der Waals surface area contributed by atoms with Crippen molar-refractivity contribution in [1.82, 2.24) is 15.0 Å². The SMILES string of the molecule is COc1ccc(OC)c(Nc2ncnc(Nc3nc4c(C)cccc4s3)c2N)c1. The summed E-state index contributed by atoms with van der Waals surface area (Å²) in [6.45, 7) is 2.04. The molecule has 0 amide bonds. The fraction of sp³-hybridized carbons (Fsp3) is 0.150.